The van der Waals surface area contributed by atoms with Gasteiger partial charge in [0.25, 0.3) is 0 Å². The molecule has 0 unspecified atom stereocenters. The van der Waals surface area contributed by atoms with E-state index in [0.29, 0.717) is 38.8 Å². The van der Waals surface area contributed by atoms with E-state index in [4.69, 9.17) is 24.7 Å². The Hall–Kier alpha value is -3.57. The van der Waals surface area contributed by atoms with Crippen LogP contribution in [0.2, 0.25) is 0 Å². The van der Waals surface area contributed by atoms with Crippen molar-refractivity contribution in [2.75, 3.05) is 50.8 Å². The van der Waals surface area contributed by atoms with Crippen LogP contribution in [0.15, 0.2) is 24.3 Å². The maximum Gasteiger partial charge on any atom is 0.239 e. The van der Waals surface area contributed by atoms with Gasteiger partial charge in [-0.2, -0.15) is 9.97 Å². The number of morpholine rings is 1. The average molecular weight is 476 g/mol. The molecule has 0 spiro atoms. The van der Waals surface area contributed by atoms with Crippen LogP contribution in [0.3, 0.4) is 0 Å². The first-order chi connectivity index (χ1) is 17.1. The lowest BCUT2D eigenvalue weighted by Crippen LogP contribution is -2.47. The van der Waals surface area contributed by atoms with Gasteiger partial charge in [0.15, 0.2) is 17.0 Å². The second kappa shape index (κ2) is 8.90. The fourth-order valence-electron chi connectivity index (χ4n) is 4.88. The van der Waals surface area contributed by atoms with E-state index in [1.54, 1.807) is 0 Å². The maximum absolute atomic E-state index is 11.9. The number of hydrogen-bond acceptors (Lipinski definition) is 8. The zero-order valence-corrected chi connectivity index (χ0v) is 20.1. The first-order valence-corrected chi connectivity index (χ1v) is 12.1. The highest BCUT2D eigenvalue weighted by Gasteiger charge is 2.25. The van der Waals surface area contributed by atoms with E-state index in [2.05, 4.69) is 32.7 Å². The SMILES string of the molecule is CCc1nc2ccccc2n1-c1nc(N2CCOCC2)c2nc(CN3CCNC(=O)C3)n(C)c2n1. The molecular weight excluding hydrogens is 446 g/mol. The number of aryl methyl sites for hydroxylation is 2. The summed E-state index contributed by atoms with van der Waals surface area (Å²) in [6, 6.07) is 8.08. The van der Waals surface area contributed by atoms with Crippen LogP contribution in [0, 0.1) is 0 Å². The van der Waals surface area contributed by atoms with Gasteiger partial charge in [-0.1, -0.05) is 19.1 Å². The Morgan fingerprint density at radius 1 is 1.03 bits per heavy atom. The Morgan fingerprint density at radius 2 is 1.86 bits per heavy atom. The number of imidazole rings is 2. The molecule has 2 saturated heterocycles. The third kappa shape index (κ3) is 3.90. The standard InChI is InChI=1S/C24H29N9O2/c1-3-18-26-16-6-4-5-7-17(16)33(18)24-28-22-21(23(29-24)32-10-12-35-13-11-32)27-19(30(22)2)14-31-9-8-25-20(34)15-31/h4-7H,3,8-15H2,1-2H3,(H,25,34). The molecule has 6 rings (SSSR count). The Labute approximate surface area is 202 Å². The predicted octanol–water partition coefficient (Wildman–Crippen LogP) is 1.03. The van der Waals surface area contributed by atoms with Crippen LogP contribution < -0.4 is 10.2 Å². The van der Waals surface area contributed by atoms with Crippen molar-refractivity contribution < 1.29 is 9.53 Å². The second-order valence-corrected chi connectivity index (χ2v) is 8.97. The molecule has 1 N–H and O–H groups in total. The van der Waals surface area contributed by atoms with E-state index in [0.717, 1.165) is 65.7 Å². The number of nitrogens with zero attached hydrogens (tertiary/aromatic N) is 8. The highest BCUT2D eigenvalue weighted by atomic mass is 16.5. The minimum absolute atomic E-state index is 0.0465. The molecule has 182 valence electrons. The van der Waals surface area contributed by atoms with E-state index < -0.39 is 0 Å². The number of piperazine rings is 1. The van der Waals surface area contributed by atoms with E-state index >= 15 is 0 Å². The van der Waals surface area contributed by atoms with Crippen LogP contribution >= 0.6 is 0 Å². The quantitative estimate of drug-likeness (QED) is 0.456. The highest BCUT2D eigenvalue weighted by Crippen LogP contribution is 2.28. The molecule has 0 saturated carbocycles. The molecule has 4 aromatic rings. The normalized spacial score (nSPS) is 17.4. The van der Waals surface area contributed by atoms with Crippen LogP contribution in [0.4, 0.5) is 5.82 Å². The van der Waals surface area contributed by atoms with Crippen LogP contribution in [0.25, 0.3) is 28.1 Å². The molecule has 11 nitrogen and oxygen atoms in total. The molecule has 0 aliphatic carbocycles. The number of hydrogen-bond donors (Lipinski definition) is 1. The van der Waals surface area contributed by atoms with Gasteiger partial charge in [0, 0.05) is 39.6 Å². The molecule has 5 heterocycles. The van der Waals surface area contributed by atoms with E-state index in [1.165, 1.54) is 0 Å². The number of anilines is 1. The number of rotatable bonds is 5. The van der Waals surface area contributed by atoms with E-state index in [9.17, 15) is 4.79 Å². The van der Waals surface area contributed by atoms with E-state index in [1.807, 2.05) is 29.8 Å². The summed E-state index contributed by atoms with van der Waals surface area (Å²) in [5, 5.41) is 2.88. The first kappa shape index (κ1) is 21.9. The Morgan fingerprint density at radius 3 is 2.66 bits per heavy atom. The van der Waals surface area contributed by atoms with Crippen molar-refractivity contribution in [1.29, 1.82) is 0 Å². The monoisotopic (exact) mass is 475 g/mol. The van der Waals surface area contributed by atoms with Gasteiger partial charge in [-0.25, -0.2) is 9.97 Å². The highest BCUT2D eigenvalue weighted by molar-refractivity contribution is 5.86. The molecular formula is C24H29N9O2. The molecule has 0 radical (unpaired) electrons. The molecule has 11 heteroatoms. The summed E-state index contributed by atoms with van der Waals surface area (Å²) >= 11 is 0. The molecule has 0 atom stereocenters. The lowest BCUT2D eigenvalue weighted by Gasteiger charge is -2.28. The third-order valence-corrected chi connectivity index (χ3v) is 6.72. The van der Waals surface area contributed by atoms with Crippen LogP contribution in [0.1, 0.15) is 18.6 Å². The number of ether oxygens (including phenoxy) is 1. The van der Waals surface area contributed by atoms with Crippen molar-refractivity contribution in [2.24, 2.45) is 7.05 Å². The lowest BCUT2D eigenvalue weighted by molar-refractivity contribution is -0.124. The number of aromatic nitrogens is 6. The molecule has 2 aliphatic heterocycles. The maximum atomic E-state index is 11.9. The lowest BCUT2D eigenvalue weighted by atomic mass is 10.3. The minimum Gasteiger partial charge on any atom is -0.378 e. The zero-order chi connectivity index (χ0) is 23.9. The van der Waals surface area contributed by atoms with Gasteiger partial charge in [-0.15, -0.1) is 0 Å². The Kier molecular flexibility index (Phi) is 5.57. The zero-order valence-electron chi connectivity index (χ0n) is 20.1. The van der Waals surface area contributed by atoms with Crippen molar-refractivity contribution >= 4 is 33.9 Å². The molecule has 1 aromatic carbocycles. The number of para-hydroxylation sites is 2. The van der Waals surface area contributed by atoms with Crippen molar-refractivity contribution in [2.45, 2.75) is 19.9 Å². The number of benzene rings is 1. The Bertz CT molecular complexity index is 1400. The van der Waals surface area contributed by atoms with Crippen molar-refractivity contribution in [1.82, 2.24) is 39.3 Å². The summed E-state index contributed by atoms with van der Waals surface area (Å²) < 4.78 is 9.68. The second-order valence-electron chi connectivity index (χ2n) is 8.97. The Balaban J connectivity index is 1.51. The molecule has 3 aromatic heterocycles. The number of fused-ring (bicyclic) bond motifs is 2. The molecule has 0 bridgehead atoms. The minimum atomic E-state index is 0.0465. The summed E-state index contributed by atoms with van der Waals surface area (Å²) in [6.07, 6.45) is 0.761. The van der Waals surface area contributed by atoms with Gasteiger partial charge >= 0.3 is 0 Å². The average Bonchev–Trinajstić information content (AvgIpc) is 3.41. The van der Waals surface area contributed by atoms with Crippen molar-refractivity contribution in [3.05, 3.63) is 35.9 Å². The molecule has 2 fully saturated rings. The molecule has 1 amide bonds. The summed E-state index contributed by atoms with van der Waals surface area (Å²) in [6.45, 7) is 7.28. The summed E-state index contributed by atoms with van der Waals surface area (Å²) in [4.78, 5) is 36.1. The van der Waals surface area contributed by atoms with E-state index in [-0.39, 0.29) is 5.91 Å². The largest absolute Gasteiger partial charge is 0.378 e. The van der Waals surface area contributed by atoms with Gasteiger partial charge in [-0.05, 0) is 12.1 Å². The number of carbonyl (C=O) groups excluding carboxylic acids is 1. The van der Waals surface area contributed by atoms with Crippen LogP contribution in [-0.2, 0) is 29.5 Å². The van der Waals surface area contributed by atoms with Gasteiger partial charge in [0.1, 0.15) is 11.6 Å². The smallest absolute Gasteiger partial charge is 0.239 e. The fourth-order valence-corrected chi connectivity index (χ4v) is 4.88. The summed E-state index contributed by atoms with van der Waals surface area (Å²) in [5.41, 5.74) is 3.46. The summed E-state index contributed by atoms with van der Waals surface area (Å²) in [5.74, 6) is 3.23. The number of carbonyl (C=O) groups is 1. The van der Waals surface area contributed by atoms with Gasteiger partial charge in [0.2, 0.25) is 11.9 Å². The fraction of sp³-hybridized carbons (Fsp3) is 0.458. The third-order valence-electron chi connectivity index (χ3n) is 6.72. The predicted molar refractivity (Wildman–Crippen MR) is 132 cm³/mol. The molecule has 35 heavy (non-hydrogen) atoms. The van der Waals surface area contributed by atoms with Crippen molar-refractivity contribution in [3.8, 4) is 5.95 Å². The number of amides is 1. The van der Waals surface area contributed by atoms with Crippen molar-refractivity contribution in [3.63, 3.8) is 0 Å². The molecule has 2 aliphatic rings. The van der Waals surface area contributed by atoms with Gasteiger partial charge < -0.3 is 19.5 Å². The topological polar surface area (TPSA) is 106 Å². The first-order valence-electron chi connectivity index (χ1n) is 12.1. The van der Waals surface area contributed by atoms with Gasteiger partial charge in [0.05, 0.1) is 37.3 Å². The van der Waals surface area contributed by atoms with Gasteiger partial charge in [-0.3, -0.25) is 14.3 Å². The number of nitrogens with one attached hydrogen (secondary N) is 1. The van der Waals surface area contributed by atoms with Crippen LogP contribution in [0.5, 0.6) is 0 Å². The van der Waals surface area contributed by atoms with Crippen LogP contribution in [-0.4, -0.2) is 85.8 Å². The summed E-state index contributed by atoms with van der Waals surface area (Å²) in [7, 11) is 1.99.